The molecule has 0 saturated carbocycles. The molecule has 1 heterocycles. The van der Waals surface area contributed by atoms with Crippen LogP contribution in [0.15, 0.2) is 18.2 Å². The van der Waals surface area contributed by atoms with E-state index in [2.05, 4.69) is 4.90 Å². The average molecular weight is 265 g/mol. The van der Waals surface area contributed by atoms with Crippen LogP contribution in [0.25, 0.3) is 0 Å². The number of amidine groups is 1. The highest BCUT2D eigenvalue weighted by molar-refractivity contribution is 5.95. The second-order valence-electron chi connectivity index (χ2n) is 5.22. The molecule has 104 valence electrons. The topological polar surface area (TPSA) is 73.3 Å². The van der Waals surface area contributed by atoms with Gasteiger partial charge in [0.2, 0.25) is 0 Å². The highest BCUT2D eigenvalue weighted by atomic mass is 19.1. The number of nitrogens with two attached hydrogens (primary N) is 1. The zero-order valence-electron chi connectivity index (χ0n) is 11.1. The van der Waals surface area contributed by atoms with E-state index in [0.717, 1.165) is 19.5 Å². The molecule has 0 spiro atoms. The number of hydrogen-bond donors (Lipinski definition) is 3. The van der Waals surface area contributed by atoms with Crippen molar-refractivity contribution in [1.82, 2.24) is 4.90 Å². The Morgan fingerprint density at radius 3 is 2.95 bits per heavy atom. The van der Waals surface area contributed by atoms with Crippen LogP contribution in [0.4, 0.5) is 4.39 Å². The lowest BCUT2D eigenvalue weighted by Gasteiger charge is -2.18. The van der Waals surface area contributed by atoms with E-state index >= 15 is 0 Å². The first-order valence-electron chi connectivity index (χ1n) is 6.51. The van der Waals surface area contributed by atoms with E-state index in [1.165, 1.54) is 6.07 Å². The summed E-state index contributed by atoms with van der Waals surface area (Å²) in [5, 5.41) is 16.9. The molecule has 1 aromatic rings. The number of halogens is 1. The molecule has 2 unspecified atom stereocenters. The number of hydrogen-bond acceptors (Lipinski definition) is 3. The number of likely N-dealkylation sites (tertiary alicyclic amines) is 1. The van der Waals surface area contributed by atoms with Crippen molar-refractivity contribution in [2.75, 3.05) is 13.1 Å². The Bertz CT molecular complexity index is 476. The van der Waals surface area contributed by atoms with Crippen LogP contribution in [0.2, 0.25) is 0 Å². The summed E-state index contributed by atoms with van der Waals surface area (Å²) in [6.45, 7) is 3.93. The van der Waals surface area contributed by atoms with Gasteiger partial charge in [-0.25, -0.2) is 4.39 Å². The maximum absolute atomic E-state index is 14.1. The summed E-state index contributed by atoms with van der Waals surface area (Å²) in [5.74, 6) is -0.392. The van der Waals surface area contributed by atoms with Crippen molar-refractivity contribution in [3.05, 3.63) is 35.1 Å². The third-order valence-corrected chi connectivity index (χ3v) is 3.75. The van der Waals surface area contributed by atoms with E-state index < -0.39 is 5.82 Å². The summed E-state index contributed by atoms with van der Waals surface area (Å²) < 4.78 is 14.1. The van der Waals surface area contributed by atoms with E-state index in [-0.39, 0.29) is 23.4 Å². The second kappa shape index (κ2) is 5.67. The normalized spacial score (nSPS) is 21.5. The Morgan fingerprint density at radius 1 is 1.63 bits per heavy atom. The molecule has 0 aromatic heterocycles. The summed E-state index contributed by atoms with van der Waals surface area (Å²) in [7, 11) is 0. The lowest BCUT2D eigenvalue weighted by atomic mass is 10.0. The van der Waals surface area contributed by atoms with Crippen LogP contribution in [0.1, 0.15) is 24.5 Å². The van der Waals surface area contributed by atoms with E-state index in [1.54, 1.807) is 19.1 Å². The fourth-order valence-electron chi connectivity index (χ4n) is 2.55. The predicted octanol–water partition coefficient (Wildman–Crippen LogP) is 1.31. The molecule has 2 atom stereocenters. The lowest BCUT2D eigenvalue weighted by molar-refractivity contribution is 0.127. The Labute approximate surface area is 112 Å². The van der Waals surface area contributed by atoms with Gasteiger partial charge in [-0.15, -0.1) is 0 Å². The zero-order valence-corrected chi connectivity index (χ0v) is 11.1. The van der Waals surface area contributed by atoms with E-state index in [1.807, 2.05) is 0 Å². The maximum atomic E-state index is 14.1. The second-order valence-corrected chi connectivity index (χ2v) is 5.22. The standard InChI is InChI=1S/C14H20FN3O/c1-9(19)10-5-6-18(7-10)8-11-3-2-4-12(13(11)15)14(16)17/h2-4,9-10,19H,5-8H2,1H3,(H3,16,17). The van der Waals surface area contributed by atoms with Gasteiger partial charge in [-0.1, -0.05) is 12.1 Å². The number of nitrogens with zero attached hydrogens (tertiary/aromatic N) is 1. The Hall–Kier alpha value is -1.46. The fraction of sp³-hybridized carbons (Fsp3) is 0.500. The summed E-state index contributed by atoms with van der Waals surface area (Å²) in [6, 6.07) is 4.96. The third kappa shape index (κ3) is 3.11. The molecule has 0 aliphatic carbocycles. The molecule has 1 aliphatic rings. The molecule has 1 aromatic carbocycles. The average Bonchev–Trinajstić information content (AvgIpc) is 2.80. The molecule has 1 fully saturated rings. The number of nitrogen functional groups attached to an aromatic ring is 1. The van der Waals surface area contributed by atoms with Gasteiger partial charge < -0.3 is 10.8 Å². The summed E-state index contributed by atoms with van der Waals surface area (Å²) in [5.41, 5.74) is 6.06. The maximum Gasteiger partial charge on any atom is 0.138 e. The van der Waals surface area contributed by atoms with Crippen LogP contribution >= 0.6 is 0 Å². The fourth-order valence-corrected chi connectivity index (χ4v) is 2.55. The van der Waals surface area contributed by atoms with Crippen molar-refractivity contribution in [1.29, 1.82) is 5.41 Å². The van der Waals surface area contributed by atoms with E-state index in [4.69, 9.17) is 11.1 Å². The van der Waals surface area contributed by atoms with Crippen molar-refractivity contribution in [3.63, 3.8) is 0 Å². The molecule has 0 amide bonds. The third-order valence-electron chi connectivity index (χ3n) is 3.75. The van der Waals surface area contributed by atoms with Gasteiger partial charge in [0.15, 0.2) is 0 Å². The Morgan fingerprint density at radius 2 is 2.37 bits per heavy atom. The molecule has 1 aliphatic heterocycles. The molecule has 19 heavy (non-hydrogen) atoms. The molecular weight excluding hydrogens is 245 g/mol. The molecule has 5 heteroatoms. The number of rotatable bonds is 4. The molecule has 1 saturated heterocycles. The number of benzene rings is 1. The Kier molecular flexibility index (Phi) is 4.17. The van der Waals surface area contributed by atoms with Crippen LogP contribution in [0.5, 0.6) is 0 Å². The van der Waals surface area contributed by atoms with E-state index in [0.29, 0.717) is 12.1 Å². The first-order valence-corrected chi connectivity index (χ1v) is 6.51. The van der Waals surface area contributed by atoms with Gasteiger partial charge >= 0.3 is 0 Å². The van der Waals surface area contributed by atoms with Gasteiger partial charge in [-0.2, -0.15) is 0 Å². The number of aliphatic hydroxyl groups excluding tert-OH is 1. The quantitative estimate of drug-likeness (QED) is 0.567. The van der Waals surface area contributed by atoms with Crippen molar-refractivity contribution in [2.45, 2.75) is 26.0 Å². The number of nitrogens with one attached hydrogen (secondary N) is 1. The molecule has 4 N–H and O–H groups in total. The zero-order chi connectivity index (χ0) is 14.0. The minimum Gasteiger partial charge on any atom is -0.393 e. The van der Waals surface area contributed by atoms with Gasteiger partial charge in [0.25, 0.3) is 0 Å². The van der Waals surface area contributed by atoms with Crippen LogP contribution in [0.3, 0.4) is 0 Å². The molecule has 2 rings (SSSR count). The van der Waals surface area contributed by atoms with Gasteiger partial charge in [0, 0.05) is 18.7 Å². The first kappa shape index (κ1) is 14.0. The largest absolute Gasteiger partial charge is 0.393 e. The highest BCUT2D eigenvalue weighted by Crippen LogP contribution is 2.23. The van der Waals surface area contributed by atoms with Crippen LogP contribution < -0.4 is 5.73 Å². The van der Waals surface area contributed by atoms with Gasteiger partial charge in [-0.3, -0.25) is 10.3 Å². The SMILES string of the molecule is CC(O)C1CCN(Cc2cccc(C(=N)N)c2F)C1. The summed E-state index contributed by atoms with van der Waals surface area (Å²) in [4.78, 5) is 2.12. The lowest BCUT2D eigenvalue weighted by Crippen LogP contribution is -2.25. The summed E-state index contributed by atoms with van der Waals surface area (Å²) >= 11 is 0. The highest BCUT2D eigenvalue weighted by Gasteiger charge is 2.26. The number of aliphatic hydroxyl groups is 1. The molecule has 0 radical (unpaired) electrons. The predicted molar refractivity (Wildman–Crippen MR) is 72.5 cm³/mol. The van der Waals surface area contributed by atoms with Gasteiger partial charge in [-0.05, 0) is 31.9 Å². The summed E-state index contributed by atoms with van der Waals surface area (Å²) in [6.07, 6.45) is 0.615. The van der Waals surface area contributed by atoms with Crippen molar-refractivity contribution >= 4 is 5.84 Å². The van der Waals surface area contributed by atoms with Crippen molar-refractivity contribution in [3.8, 4) is 0 Å². The van der Waals surface area contributed by atoms with Gasteiger partial charge in [0.1, 0.15) is 11.7 Å². The smallest absolute Gasteiger partial charge is 0.138 e. The van der Waals surface area contributed by atoms with Crippen molar-refractivity contribution in [2.24, 2.45) is 11.7 Å². The molecular formula is C14H20FN3O. The van der Waals surface area contributed by atoms with Crippen molar-refractivity contribution < 1.29 is 9.50 Å². The molecule has 0 bridgehead atoms. The van der Waals surface area contributed by atoms with Crippen LogP contribution in [0, 0.1) is 17.1 Å². The minimum absolute atomic E-state index is 0.156. The molecule has 4 nitrogen and oxygen atoms in total. The minimum atomic E-state index is -0.407. The Balaban J connectivity index is 2.08. The van der Waals surface area contributed by atoms with Crippen LogP contribution in [-0.2, 0) is 6.54 Å². The van der Waals surface area contributed by atoms with E-state index in [9.17, 15) is 9.50 Å². The first-order chi connectivity index (χ1) is 8.99. The van der Waals surface area contributed by atoms with Gasteiger partial charge in [0.05, 0.1) is 11.7 Å². The van der Waals surface area contributed by atoms with Crippen LogP contribution in [-0.4, -0.2) is 35.0 Å². The monoisotopic (exact) mass is 265 g/mol.